The molecule has 0 aliphatic carbocycles. The van der Waals surface area contributed by atoms with Crippen molar-refractivity contribution in [3.8, 4) is 0 Å². The van der Waals surface area contributed by atoms with Gasteiger partial charge in [-0.05, 0) is 29.8 Å². The van der Waals surface area contributed by atoms with Crippen LogP contribution in [0.5, 0.6) is 0 Å². The Balaban J connectivity index is 1.48. The second-order valence-electron chi connectivity index (χ2n) is 7.12. The molecule has 0 amide bonds. The Hall–Kier alpha value is -3.58. The van der Waals surface area contributed by atoms with Crippen LogP contribution >= 0.6 is 11.8 Å². The molecule has 0 saturated heterocycles. The monoisotopic (exact) mass is 429 g/mol. The summed E-state index contributed by atoms with van der Waals surface area (Å²) in [6.07, 6.45) is 0. The first-order valence-electron chi connectivity index (χ1n) is 9.95. The minimum Gasteiger partial charge on any atom is -0.408 e. The third-order valence-electron chi connectivity index (χ3n) is 5.13. The van der Waals surface area contributed by atoms with Crippen LogP contribution in [0.15, 0.2) is 98.0 Å². The van der Waals surface area contributed by atoms with Crippen LogP contribution in [0.2, 0.25) is 0 Å². The van der Waals surface area contributed by atoms with Gasteiger partial charge in [-0.3, -0.25) is 13.9 Å². The number of aromatic nitrogens is 3. The fourth-order valence-electron chi connectivity index (χ4n) is 3.62. The van der Waals surface area contributed by atoms with E-state index in [2.05, 4.69) is 0 Å². The highest BCUT2D eigenvalue weighted by Crippen LogP contribution is 2.20. The van der Waals surface area contributed by atoms with E-state index in [-0.39, 0.29) is 11.3 Å². The highest BCUT2D eigenvalue weighted by atomic mass is 32.2. The molecular weight excluding hydrogens is 410 g/mol. The zero-order valence-corrected chi connectivity index (χ0v) is 17.4. The van der Waals surface area contributed by atoms with Gasteiger partial charge in [-0.1, -0.05) is 66.4 Å². The summed E-state index contributed by atoms with van der Waals surface area (Å²) in [6.45, 7) is 0.892. The third-order valence-corrected chi connectivity index (χ3v) is 6.09. The van der Waals surface area contributed by atoms with Crippen molar-refractivity contribution in [2.45, 2.75) is 18.2 Å². The number of para-hydroxylation sites is 3. The molecule has 0 spiro atoms. The zero-order chi connectivity index (χ0) is 21.2. The second-order valence-corrected chi connectivity index (χ2v) is 8.19. The van der Waals surface area contributed by atoms with Gasteiger partial charge in [0.15, 0.2) is 10.7 Å². The summed E-state index contributed by atoms with van der Waals surface area (Å²) >= 11 is 1.46. The van der Waals surface area contributed by atoms with E-state index in [0.717, 1.165) is 11.1 Å². The smallest absolute Gasteiger partial charge is 0.408 e. The molecule has 0 saturated carbocycles. The van der Waals surface area contributed by atoms with E-state index in [9.17, 15) is 9.59 Å². The topological polar surface area (TPSA) is 70.0 Å². The Morgan fingerprint density at radius 3 is 2.45 bits per heavy atom. The van der Waals surface area contributed by atoms with Crippen molar-refractivity contribution in [1.29, 1.82) is 0 Å². The van der Waals surface area contributed by atoms with Crippen molar-refractivity contribution >= 4 is 33.8 Å². The van der Waals surface area contributed by atoms with E-state index in [1.165, 1.54) is 11.8 Å². The van der Waals surface area contributed by atoms with E-state index in [0.29, 0.717) is 40.5 Å². The molecule has 0 unspecified atom stereocenters. The van der Waals surface area contributed by atoms with Crippen molar-refractivity contribution in [2.24, 2.45) is 0 Å². The van der Waals surface area contributed by atoms with Gasteiger partial charge in [-0.2, -0.15) is 0 Å². The first kappa shape index (κ1) is 19.4. The molecule has 5 aromatic rings. The van der Waals surface area contributed by atoms with Crippen LogP contribution in [0.1, 0.15) is 5.56 Å². The number of hydrogen-bond acceptors (Lipinski definition) is 5. The lowest BCUT2D eigenvalue weighted by Crippen LogP contribution is -2.24. The molecule has 0 aliphatic heterocycles. The lowest BCUT2D eigenvalue weighted by molar-refractivity contribution is 0.514. The Bertz CT molecular complexity index is 1490. The van der Waals surface area contributed by atoms with Crippen molar-refractivity contribution in [3.05, 3.63) is 105 Å². The molecule has 31 heavy (non-hydrogen) atoms. The Morgan fingerprint density at radius 2 is 1.58 bits per heavy atom. The summed E-state index contributed by atoms with van der Waals surface area (Å²) in [5.74, 6) is 0.193. The molecule has 6 nitrogen and oxygen atoms in total. The average molecular weight is 430 g/mol. The minimum absolute atomic E-state index is 0.0668. The Morgan fingerprint density at radius 1 is 0.839 bits per heavy atom. The van der Waals surface area contributed by atoms with Crippen LogP contribution in [-0.4, -0.2) is 19.9 Å². The lowest BCUT2D eigenvalue weighted by atomic mass is 10.2. The first-order chi connectivity index (χ1) is 15.2. The maximum absolute atomic E-state index is 13.2. The van der Waals surface area contributed by atoms with Crippen molar-refractivity contribution in [1.82, 2.24) is 14.1 Å². The van der Waals surface area contributed by atoms with E-state index in [1.807, 2.05) is 66.7 Å². The molecule has 2 aromatic heterocycles. The number of nitrogens with zero attached hydrogens (tertiary/aromatic N) is 3. The summed E-state index contributed by atoms with van der Waals surface area (Å²) in [4.78, 5) is 30.2. The van der Waals surface area contributed by atoms with Gasteiger partial charge in [-0.25, -0.2) is 9.78 Å². The largest absolute Gasteiger partial charge is 0.419 e. The number of fused-ring (bicyclic) bond motifs is 2. The quantitative estimate of drug-likeness (QED) is 0.300. The predicted octanol–water partition coefficient (Wildman–Crippen LogP) is 4.15. The van der Waals surface area contributed by atoms with Gasteiger partial charge in [0, 0.05) is 12.3 Å². The molecule has 0 atom stereocenters. The fraction of sp³-hybridized carbons (Fsp3) is 0.125. The van der Waals surface area contributed by atoms with Crippen molar-refractivity contribution in [3.63, 3.8) is 0 Å². The number of aryl methyl sites for hydroxylation is 1. The van der Waals surface area contributed by atoms with Crippen LogP contribution in [0.25, 0.3) is 22.0 Å². The van der Waals surface area contributed by atoms with Gasteiger partial charge in [0.1, 0.15) is 0 Å². The molecule has 5 rings (SSSR count). The van der Waals surface area contributed by atoms with E-state index >= 15 is 0 Å². The highest BCUT2D eigenvalue weighted by molar-refractivity contribution is 7.99. The molecule has 7 heteroatoms. The predicted molar refractivity (Wildman–Crippen MR) is 123 cm³/mol. The normalized spacial score (nSPS) is 11.4. The van der Waals surface area contributed by atoms with Gasteiger partial charge < -0.3 is 4.42 Å². The van der Waals surface area contributed by atoms with Gasteiger partial charge in [-0.15, -0.1) is 0 Å². The molecule has 0 radical (unpaired) electrons. The summed E-state index contributed by atoms with van der Waals surface area (Å²) in [5.41, 5.74) is 2.97. The second kappa shape index (κ2) is 8.28. The molecule has 0 N–H and O–H groups in total. The van der Waals surface area contributed by atoms with Crippen LogP contribution in [0.3, 0.4) is 0 Å². The molecular formula is C24H19N3O3S. The number of oxazole rings is 1. The minimum atomic E-state index is -0.380. The van der Waals surface area contributed by atoms with E-state index in [1.54, 1.807) is 21.3 Å². The summed E-state index contributed by atoms with van der Waals surface area (Å²) < 4.78 is 8.63. The molecule has 0 fully saturated rings. The number of rotatable bonds is 6. The number of hydrogen-bond donors (Lipinski definition) is 0. The third kappa shape index (κ3) is 3.80. The van der Waals surface area contributed by atoms with Gasteiger partial charge >= 0.3 is 5.76 Å². The van der Waals surface area contributed by atoms with Gasteiger partial charge in [0.2, 0.25) is 0 Å². The van der Waals surface area contributed by atoms with Gasteiger partial charge in [0.25, 0.3) is 5.56 Å². The van der Waals surface area contributed by atoms with Crippen LogP contribution in [0, 0.1) is 0 Å². The Labute approximate surface area is 181 Å². The van der Waals surface area contributed by atoms with Crippen molar-refractivity contribution in [2.75, 3.05) is 5.75 Å². The Kier molecular flexibility index (Phi) is 5.18. The van der Waals surface area contributed by atoms with Gasteiger partial charge in [0.05, 0.1) is 23.0 Å². The van der Waals surface area contributed by atoms with E-state index < -0.39 is 0 Å². The molecule has 154 valence electrons. The highest BCUT2D eigenvalue weighted by Gasteiger charge is 2.13. The fourth-order valence-corrected chi connectivity index (χ4v) is 4.54. The average Bonchev–Trinajstić information content (AvgIpc) is 3.12. The standard InChI is InChI=1S/C24H19N3O3S/c28-22-18-10-4-5-11-19(18)25-23(27(22)16-17-8-2-1-3-9-17)31-15-14-26-20-12-6-7-13-21(20)30-24(26)29/h1-13H,14-16H2. The lowest BCUT2D eigenvalue weighted by Gasteiger charge is -2.13. The summed E-state index contributed by atoms with van der Waals surface area (Å²) in [5, 5.41) is 1.23. The maximum atomic E-state index is 13.2. The number of benzene rings is 3. The molecule has 0 bridgehead atoms. The van der Waals surface area contributed by atoms with Crippen LogP contribution < -0.4 is 11.3 Å². The maximum Gasteiger partial charge on any atom is 0.419 e. The number of thioether (sulfide) groups is 1. The molecule has 3 aromatic carbocycles. The summed E-state index contributed by atoms with van der Waals surface area (Å²) in [6, 6.07) is 24.6. The van der Waals surface area contributed by atoms with E-state index in [4.69, 9.17) is 9.40 Å². The first-order valence-corrected chi connectivity index (χ1v) is 10.9. The zero-order valence-electron chi connectivity index (χ0n) is 16.6. The van der Waals surface area contributed by atoms with Crippen LogP contribution in [0.4, 0.5) is 0 Å². The molecule has 2 heterocycles. The van der Waals surface area contributed by atoms with Crippen molar-refractivity contribution < 1.29 is 4.42 Å². The summed E-state index contributed by atoms with van der Waals surface area (Å²) in [7, 11) is 0. The van der Waals surface area contributed by atoms with Crippen LogP contribution in [-0.2, 0) is 13.1 Å². The SMILES string of the molecule is O=c1c2ccccc2nc(SCCn2c(=O)oc3ccccc32)n1Cc1ccccc1. The molecule has 0 aliphatic rings.